The Balaban J connectivity index is 2.79. The SMILES string of the molecule is Cn1c(Cl)c(Cl)c(C(=O)c2cc(C(C)(C)C)c(O)c(C(C)(C)C)c2)c1Cl. The third-order valence-electron chi connectivity index (χ3n) is 4.41. The second-order valence-electron chi connectivity index (χ2n) is 8.58. The van der Waals surface area contributed by atoms with Gasteiger partial charge >= 0.3 is 0 Å². The van der Waals surface area contributed by atoms with Crippen molar-refractivity contribution in [3.8, 4) is 5.75 Å². The van der Waals surface area contributed by atoms with Crippen LogP contribution >= 0.6 is 34.8 Å². The monoisotopic (exact) mass is 415 g/mol. The molecule has 0 aliphatic heterocycles. The van der Waals surface area contributed by atoms with E-state index in [0.29, 0.717) is 16.7 Å². The molecule has 0 unspecified atom stereocenters. The topological polar surface area (TPSA) is 42.2 Å². The van der Waals surface area contributed by atoms with Gasteiger partial charge in [-0.3, -0.25) is 4.79 Å². The molecule has 0 fully saturated rings. The summed E-state index contributed by atoms with van der Waals surface area (Å²) in [6.45, 7) is 11.9. The Morgan fingerprint density at radius 1 is 0.923 bits per heavy atom. The highest BCUT2D eigenvalue weighted by Crippen LogP contribution is 2.41. The predicted molar refractivity (Wildman–Crippen MR) is 109 cm³/mol. The van der Waals surface area contributed by atoms with Crippen LogP contribution in [0.1, 0.15) is 68.6 Å². The van der Waals surface area contributed by atoms with Crippen LogP contribution in [0.4, 0.5) is 0 Å². The largest absolute Gasteiger partial charge is 0.507 e. The number of rotatable bonds is 2. The number of nitrogens with zero attached hydrogens (tertiary/aromatic N) is 1. The summed E-state index contributed by atoms with van der Waals surface area (Å²) in [5.74, 6) is -0.108. The Hall–Kier alpha value is -1.16. The van der Waals surface area contributed by atoms with E-state index in [2.05, 4.69) is 0 Å². The molecule has 0 aliphatic rings. The summed E-state index contributed by atoms with van der Waals surface area (Å²) in [5.41, 5.74) is 1.30. The van der Waals surface area contributed by atoms with Crippen LogP contribution < -0.4 is 0 Å². The average Bonchev–Trinajstić information content (AvgIpc) is 2.68. The minimum Gasteiger partial charge on any atom is -0.507 e. The number of halogens is 3. The molecule has 6 heteroatoms. The van der Waals surface area contributed by atoms with Gasteiger partial charge in [0.1, 0.15) is 16.1 Å². The molecule has 2 rings (SSSR count). The number of phenolic OH excluding ortho intramolecular Hbond substituents is 1. The van der Waals surface area contributed by atoms with Gasteiger partial charge in [-0.1, -0.05) is 76.3 Å². The Labute approximate surface area is 169 Å². The van der Waals surface area contributed by atoms with Crippen LogP contribution in [0.15, 0.2) is 12.1 Å². The zero-order valence-corrected chi connectivity index (χ0v) is 18.4. The first-order valence-electron chi connectivity index (χ1n) is 8.29. The van der Waals surface area contributed by atoms with Crippen molar-refractivity contribution < 1.29 is 9.90 Å². The van der Waals surface area contributed by atoms with E-state index in [1.54, 1.807) is 19.2 Å². The summed E-state index contributed by atoms with van der Waals surface area (Å²) >= 11 is 18.6. The van der Waals surface area contributed by atoms with Gasteiger partial charge in [0.05, 0.1) is 10.6 Å². The second kappa shape index (κ2) is 6.78. The number of phenols is 1. The van der Waals surface area contributed by atoms with Crippen molar-refractivity contribution in [1.82, 2.24) is 4.57 Å². The first-order chi connectivity index (χ1) is 11.7. The zero-order valence-electron chi connectivity index (χ0n) is 16.1. The fourth-order valence-corrected chi connectivity index (χ4v) is 3.68. The Morgan fingerprint density at radius 2 is 1.35 bits per heavy atom. The molecule has 0 bridgehead atoms. The molecule has 0 aliphatic carbocycles. The van der Waals surface area contributed by atoms with Crippen molar-refractivity contribution in [2.45, 2.75) is 52.4 Å². The highest BCUT2D eigenvalue weighted by atomic mass is 35.5. The maximum atomic E-state index is 13.2. The molecule has 0 amide bonds. The number of aromatic hydroxyl groups is 1. The van der Waals surface area contributed by atoms with Crippen molar-refractivity contribution >= 4 is 40.6 Å². The van der Waals surface area contributed by atoms with Crippen molar-refractivity contribution in [3.63, 3.8) is 0 Å². The molecule has 0 spiro atoms. The Morgan fingerprint density at radius 3 is 1.65 bits per heavy atom. The molecule has 0 radical (unpaired) electrons. The van der Waals surface area contributed by atoms with E-state index in [9.17, 15) is 9.90 Å². The minimum atomic E-state index is -0.345. The molecule has 1 N–H and O–H groups in total. The summed E-state index contributed by atoms with van der Waals surface area (Å²) < 4.78 is 1.47. The van der Waals surface area contributed by atoms with Gasteiger partial charge in [0.15, 0.2) is 5.78 Å². The number of aromatic nitrogens is 1. The maximum absolute atomic E-state index is 13.2. The summed E-state index contributed by atoms with van der Waals surface area (Å²) in [4.78, 5) is 13.2. The first-order valence-corrected chi connectivity index (χ1v) is 9.43. The van der Waals surface area contributed by atoms with Gasteiger partial charge < -0.3 is 9.67 Å². The quantitative estimate of drug-likeness (QED) is 0.566. The summed E-state index contributed by atoms with van der Waals surface area (Å²) in [7, 11) is 1.64. The number of hydrogen-bond acceptors (Lipinski definition) is 2. The van der Waals surface area contributed by atoms with Crippen molar-refractivity contribution in [1.29, 1.82) is 0 Å². The van der Waals surface area contributed by atoms with E-state index in [4.69, 9.17) is 34.8 Å². The van der Waals surface area contributed by atoms with E-state index in [-0.39, 0.29) is 43.3 Å². The number of hydrogen-bond donors (Lipinski definition) is 1. The molecular formula is C20H24Cl3NO2. The van der Waals surface area contributed by atoms with Crippen LogP contribution in [-0.2, 0) is 17.9 Å². The van der Waals surface area contributed by atoms with Crippen LogP contribution in [0.3, 0.4) is 0 Å². The normalized spacial score (nSPS) is 12.5. The third kappa shape index (κ3) is 3.62. The third-order valence-corrected chi connectivity index (χ3v) is 5.76. The van der Waals surface area contributed by atoms with Gasteiger partial charge in [-0.2, -0.15) is 0 Å². The van der Waals surface area contributed by atoms with Gasteiger partial charge in [0, 0.05) is 23.7 Å². The van der Waals surface area contributed by atoms with Gasteiger partial charge in [0.25, 0.3) is 0 Å². The maximum Gasteiger partial charge on any atom is 0.197 e. The number of ketones is 1. The summed E-state index contributed by atoms with van der Waals surface area (Å²) in [6, 6.07) is 3.42. The number of carbonyl (C=O) groups is 1. The molecule has 0 saturated heterocycles. The lowest BCUT2D eigenvalue weighted by Gasteiger charge is -2.28. The van der Waals surface area contributed by atoms with E-state index < -0.39 is 0 Å². The molecule has 1 heterocycles. The number of benzene rings is 1. The van der Waals surface area contributed by atoms with Crippen LogP contribution in [0, 0.1) is 0 Å². The molecule has 0 saturated carbocycles. The molecule has 0 atom stereocenters. The van der Waals surface area contributed by atoms with Crippen LogP contribution in [0.5, 0.6) is 5.75 Å². The Kier molecular flexibility index (Phi) is 5.51. The lowest BCUT2D eigenvalue weighted by Crippen LogP contribution is -2.19. The lowest BCUT2D eigenvalue weighted by atomic mass is 9.78. The molecule has 2 aromatic rings. The minimum absolute atomic E-state index is 0.131. The highest BCUT2D eigenvalue weighted by Gasteiger charge is 2.30. The molecule has 3 nitrogen and oxygen atoms in total. The molecule has 1 aromatic heterocycles. The fourth-order valence-electron chi connectivity index (χ4n) is 2.84. The van der Waals surface area contributed by atoms with E-state index in [1.807, 2.05) is 41.5 Å². The molecule has 26 heavy (non-hydrogen) atoms. The summed E-state index contributed by atoms with van der Waals surface area (Å²) in [6.07, 6.45) is 0. The lowest BCUT2D eigenvalue weighted by molar-refractivity contribution is 0.103. The summed E-state index contributed by atoms with van der Waals surface area (Å²) in [5, 5.41) is 11.3. The van der Waals surface area contributed by atoms with E-state index >= 15 is 0 Å². The highest BCUT2D eigenvalue weighted by molar-refractivity contribution is 6.47. The number of carbonyl (C=O) groups excluding carboxylic acids is 1. The molecular weight excluding hydrogens is 393 g/mol. The smallest absolute Gasteiger partial charge is 0.197 e. The second-order valence-corrected chi connectivity index (χ2v) is 9.67. The van der Waals surface area contributed by atoms with Crippen LogP contribution in [-0.4, -0.2) is 15.5 Å². The zero-order chi connectivity index (χ0) is 20.2. The van der Waals surface area contributed by atoms with Crippen LogP contribution in [0.25, 0.3) is 0 Å². The van der Waals surface area contributed by atoms with Gasteiger partial charge in [-0.15, -0.1) is 0 Å². The van der Waals surface area contributed by atoms with Gasteiger partial charge in [-0.25, -0.2) is 0 Å². The van der Waals surface area contributed by atoms with Crippen molar-refractivity contribution in [2.75, 3.05) is 0 Å². The fraction of sp³-hybridized carbons (Fsp3) is 0.450. The van der Waals surface area contributed by atoms with Gasteiger partial charge in [-0.05, 0) is 23.0 Å². The van der Waals surface area contributed by atoms with E-state index in [0.717, 1.165) is 0 Å². The predicted octanol–water partition coefficient (Wildman–Crippen LogP) is 6.52. The van der Waals surface area contributed by atoms with Crippen molar-refractivity contribution in [2.24, 2.45) is 7.05 Å². The van der Waals surface area contributed by atoms with Crippen molar-refractivity contribution in [3.05, 3.63) is 49.7 Å². The molecule has 142 valence electrons. The average molecular weight is 417 g/mol. The van der Waals surface area contributed by atoms with Gasteiger partial charge in [0.2, 0.25) is 0 Å². The standard InChI is InChI=1S/C20H24Cl3NO2/c1-19(2,3)11-8-10(9-12(16(11)26)20(4,5)6)15(25)13-14(21)18(23)24(7)17(13)22/h8-9,26H,1-7H3. The van der Waals surface area contributed by atoms with E-state index in [1.165, 1.54) is 4.57 Å². The first kappa shape index (κ1) is 21.1. The molecule has 1 aromatic carbocycles. The van der Waals surface area contributed by atoms with Crippen LogP contribution in [0.2, 0.25) is 15.3 Å². The Bertz CT molecular complexity index is 823.